The molecule has 0 radical (unpaired) electrons. The predicted molar refractivity (Wildman–Crippen MR) is 160 cm³/mol. The first kappa shape index (κ1) is 20.9. The van der Waals surface area contributed by atoms with Crippen LogP contribution >= 0.6 is 22.7 Å². The van der Waals surface area contributed by atoms with Crippen molar-refractivity contribution in [2.45, 2.75) is 0 Å². The Bertz CT molecular complexity index is 2020. The van der Waals surface area contributed by atoms with Crippen LogP contribution in [-0.4, -0.2) is 9.55 Å². The van der Waals surface area contributed by atoms with Gasteiger partial charge >= 0.3 is 0 Å². The highest BCUT2D eigenvalue weighted by Gasteiger charge is 2.21. The lowest BCUT2D eigenvalue weighted by molar-refractivity contribution is 1.17. The molecule has 0 aliphatic heterocycles. The Morgan fingerprint density at radius 1 is 0.568 bits per heavy atom. The van der Waals surface area contributed by atoms with Crippen molar-refractivity contribution in [3.8, 4) is 28.2 Å². The summed E-state index contributed by atoms with van der Waals surface area (Å²) in [6, 6.07) is 43.0. The average molecular weight is 509 g/mol. The number of rotatable bonds is 3. The first-order valence-corrected chi connectivity index (χ1v) is 13.9. The van der Waals surface area contributed by atoms with Crippen LogP contribution < -0.4 is 0 Å². The van der Waals surface area contributed by atoms with E-state index in [0.29, 0.717) is 0 Å². The molecule has 0 unspecified atom stereocenters. The number of fused-ring (bicyclic) bond motifs is 7. The Morgan fingerprint density at radius 3 is 1.86 bits per heavy atom. The average Bonchev–Trinajstić information content (AvgIpc) is 3.60. The van der Waals surface area contributed by atoms with Gasteiger partial charge in [0.25, 0.3) is 0 Å². The summed E-state index contributed by atoms with van der Waals surface area (Å²) in [6.45, 7) is 0. The molecule has 174 valence electrons. The van der Waals surface area contributed by atoms with Crippen molar-refractivity contribution < 1.29 is 0 Å². The maximum Gasteiger partial charge on any atom is 0.0906 e. The first-order valence-electron chi connectivity index (χ1n) is 12.3. The van der Waals surface area contributed by atoms with Crippen LogP contribution in [0.4, 0.5) is 0 Å². The second kappa shape index (κ2) is 8.13. The van der Waals surface area contributed by atoms with Gasteiger partial charge in [-0.15, -0.1) is 22.7 Å². The Hall–Kier alpha value is -4.25. The minimum absolute atomic E-state index is 0.976. The van der Waals surface area contributed by atoms with Crippen molar-refractivity contribution in [2.24, 2.45) is 0 Å². The van der Waals surface area contributed by atoms with Gasteiger partial charge in [0.15, 0.2) is 0 Å². The molecule has 0 atom stereocenters. The van der Waals surface area contributed by atoms with E-state index >= 15 is 0 Å². The molecule has 0 fully saturated rings. The van der Waals surface area contributed by atoms with Crippen molar-refractivity contribution in [3.63, 3.8) is 0 Å². The third-order valence-electron chi connectivity index (χ3n) is 7.03. The molecule has 4 aromatic heterocycles. The molecule has 2 nitrogen and oxygen atoms in total. The van der Waals surface area contributed by atoms with E-state index in [1.165, 1.54) is 40.6 Å². The second-order valence-corrected chi connectivity index (χ2v) is 11.6. The van der Waals surface area contributed by atoms with Gasteiger partial charge in [-0.3, -0.25) is 0 Å². The van der Waals surface area contributed by atoms with Crippen LogP contribution in [0.3, 0.4) is 0 Å². The van der Waals surface area contributed by atoms with E-state index in [2.05, 4.69) is 126 Å². The zero-order chi connectivity index (χ0) is 24.3. The van der Waals surface area contributed by atoms with Crippen molar-refractivity contribution >= 4 is 63.3 Å². The van der Waals surface area contributed by atoms with Crippen molar-refractivity contribution in [1.82, 2.24) is 9.55 Å². The topological polar surface area (TPSA) is 17.8 Å². The van der Waals surface area contributed by atoms with E-state index in [1.807, 2.05) is 22.7 Å². The monoisotopic (exact) mass is 508 g/mol. The molecule has 0 amide bonds. The number of nitrogens with zero attached hydrogens (tertiary/aromatic N) is 2. The fourth-order valence-electron chi connectivity index (χ4n) is 5.38. The quantitative estimate of drug-likeness (QED) is 0.232. The Balaban J connectivity index is 1.52. The Morgan fingerprint density at radius 2 is 1.16 bits per heavy atom. The zero-order valence-corrected chi connectivity index (χ0v) is 21.4. The lowest BCUT2D eigenvalue weighted by Crippen LogP contribution is -1.98. The molecule has 37 heavy (non-hydrogen) atoms. The molecule has 0 aliphatic rings. The number of benzene rings is 4. The van der Waals surface area contributed by atoms with Gasteiger partial charge < -0.3 is 4.57 Å². The smallest absolute Gasteiger partial charge is 0.0906 e. The minimum atomic E-state index is 0.976. The van der Waals surface area contributed by atoms with Crippen molar-refractivity contribution in [1.29, 1.82) is 0 Å². The van der Waals surface area contributed by atoms with Crippen molar-refractivity contribution in [3.05, 3.63) is 121 Å². The van der Waals surface area contributed by atoms with E-state index in [9.17, 15) is 0 Å². The third kappa shape index (κ3) is 3.20. The molecule has 4 aromatic carbocycles. The molecular formula is C33H20N2S2. The van der Waals surface area contributed by atoms with Crippen LogP contribution in [0, 0.1) is 0 Å². The largest absolute Gasteiger partial charge is 0.308 e. The van der Waals surface area contributed by atoms with Crippen molar-refractivity contribution in [2.75, 3.05) is 0 Å². The molecule has 8 aromatic rings. The van der Waals surface area contributed by atoms with Crippen LogP contribution in [0.1, 0.15) is 0 Å². The zero-order valence-electron chi connectivity index (χ0n) is 19.8. The van der Waals surface area contributed by atoms with Crippen LogP contribution in [0.25, 0.3) is 68.8 Å². The predicted octanol–water partition coefficient (Wildman–Crippen LogP) is 9.94. The SMILES string of the molecule is c1ccc(-c2cc(-n3c4ccccc4c4sc5sc6ccccc6c5c43)cc(-c3ccccc3)n2)cc1. The van der Waals surface area contributed by atoms with Crippen LogP contribution in [-0.2, 0) is 0 Å². The summed E-state index contributed by atoms with van der Waals surface area (Å²) in [4.78, 5) is 5.13. The van der Waals surface area contributed by atoms with E-state index < -0.39 is 0 Å². The second-order valence-electron chi connectivity index (χ2n) is 9.22. The molecule has 0 spiro atoms. The molecule has 8 rings (SSSR count). The standard InChI is InChI=1S/C33H20N2S2/c1-3-11-21(12-4-1)26-19-23(20-27(34-26)22-13-5-2-6-14-22)35-28-17-9-7-15-24(28)32-31(35)30-25-16-8-10-18-29(25)36-33(30)37-32/h1-20H. The van der Waals surface area contributed by atoms with Crippen LogP contribution in [0.5, 0.6) is 0 Å². The van der Waals surface area contributed by atoms with E-state index in [0.717, 1.165) is 28.2 Å². The molecule has 0 bridgehead atoms. The van der Waals surface area contributed by atoms with Gasteiger partial charge in [0.2, 0.25) is 0 Å². The Kier molecular flexibility index (Phi) is 4.59. The first-order chi connectivity index (χ1) is 18.3. The molecule has 0 saturated heterocycles. The molecule has 4 heterocycles. The normalized spacial score (nSPS) is 11.8. The van der Waals surface area contributed by atoms with Crippen LogP contribution in [0.2, 0.25) is 0 Å². The molecular weight excluding hydrogens is 489 g/mol. The maximum atomic E-state index is 5.13. The summed E-state index contributed by atoms with van der Waals surface area (Å²) in [6.07, 6.45) is 0. The molecule has 0 N–H and O–H groups in total. The summed E-state index contributed by atoms with van der Waals surface area (Å²) in [7, 11) is 0. The molecule has 4 heteroatoms. The summed E-state index contributed by atoms with van der Waals surface area (Å²) in [5, 5.41) is 3.99. The number of pyridine rings is 1. The highest BCUT2D eigenvalue weighted by Crippen LogP contribution is 2.48. The number of aromatic nitrogens is 2. The number of para-hydroxylation sites is 1. The summed E-state index contributed by atoms with van der Waals surface area (Å²) < 4.78 is 6.53. The summed E-state index contributed by atoms with van der Waals surface area (Å²) >= 11 is 3.81. The number of thiophene rings is 2. The highest BCUT2D eigenvalue weighted by molar-refractivity contribution is 7.45. The molecule has 0 aliphatic carbocycles. The van der Waals surface area contributed by atoms with E-state index in [-0.39, 0.29) is 0 Å². The lowest BCUT2D eigenvalue weighted by atomic mass is 10.1. The van der Waals surface area contributed by atoms with Gasteiger partial charge in [0, 0.05) is 32.0 Å². The highest BCUT2D eigenvalue weighted by atomic mass is 32.2. The fourth-order valence-corrected chi connectivity index (χ4v) is 8.07. The summed E-state index contributed by atoms with van der Waals surface area (Å²) in [5.74, 6) is 0. The summed E-state index contributed by atoms with van der Waals surface area (Å²) in [5.41, 5.74) is 7.84. The Labute approximate surface area is 221 Å². The lowest BCUT2D eigenvalue weighted by Gasteiger charge is -2.13. The third-order valence-corrected chi connectivity index (χ3v) is 9.50. The van der Waals surface area contributed by atoms with Gasteiger partial charge in [0.05, 0.1) is 36.8 Å². The maximum absolute atomic E-state index is 5.13. The minimum Gasteiger partial charge on any atom is -0.308 e. The fraction of sp³-hybridized carbons (Fsp3) is 0. The van der Waals surface area contributed by atoms with Gasteiger partial charge in [-0.1, -0.05) is 97.1 Å². The van der Waals surface area contributed by atoms with Gasteiger partial charge in [-0.05, 0) is 24.3 Å². The number of hydrogen-bond donors (Lipinski definition) is 0. The van der Waals surface area contributed by atoms with Gasteiger partial charge in [-0.25, -0.2) is 4.98 Å². The molecule has 0 saturated carbocycles. The number of hydrogen-bond acceptors (Lipinski definition) is 3. The van der Waals surface area contributed by atoms with Gasteiger partial charge in [0.1, 0.15) is 0 Å². The van der Waals surface area contributed by atoms with E-state index in [1.54, 1.807) is 0 Å². The van der Waals surface area contributed by atoms with Gasteiger partial charge in [-0.2, -0.15) is 0 Å². The van der Waals surface area contributed by atoms with Crippen LogP contribution in [0.15, 0.2) is 121 Å². The van der Waals surface area contributed by atoms with E-state index in [4.69, 9.17) is 4.98 Å².